The molecule has 2 rings (SSSR count). The van der Waals surface area contributed by atoms with Gasteiger partial charge < -0.3 is 14.5 Å². The highest BCUT2D eigenvalue weighted by Crippen LogP contribution is 2.24. The molecule has 1 aliphatic rings. The number of hydrogen-bond donors (Lipinski definition) is 0. The van der Waals surface area contributed by atoms with E-state index in [9.17, 15) is 4.79 Å². The van der Waals surface area contributed by atoms with Gasteiger partial charge in [0.25, 0.3) is 0 Å². The third kappa shape index (κ3) is 3.70. The Morgan fingerprint density at radius 2 is 2.00 bits per heavy atom. The highest BCUT2D eigenvalue weighted by Gasteiger charge is 2.20. The van der Waals surface area contributed by atoms with E-state index in [2.05, 4.69) is 27.9 Å². The molecule has 0 radical (unpaired) electrons. The fourth-order valence-electron chi connectivity index (χ4n) is 2.22. The van der Waals surface area contributed by atoms with Gasteiger partial charge in [-0.3, -0.25) is 4.79 Å². The Morgan fingerprint density at radius 3 is 2.63 bits per heavy atom. The van der Waals surface area contributed by atoms with Gasteiger partial charge in [0.15, 0.2) is 0 Å². The molecule has 4 nitrogen and oxygen atoms in total. The topological polar surface area (TPSA) is 32.8 Å². The van der Waals surface area contributed by atoms with Crippen LogP contribution in [-0.4, -0.2) is 56.0 Å². The molecule has 0 aromatic heterocycles. The summed E-state index contributed by atoms with van der Waals surface area (Å²) in [6.45, 7) is 3.51. The first-order valence-electron chi connectivity index (χ1n) is 6.39. The van der Waals surface area contributed by atoms with Crippen LogP contribution < -0.4 is 4.74 Å². The van der Waals surface area contributed by atoms with Crippen molar-refractivity contribution in [2.24, 2.45) is 0 Å². The van der Waals surface area contributed by atoms with E-state index < -0.39 is 0 Å². The Hall–Kier alpha value is -1.07. The number of likely N-dealkylation sites (N-methyl/N-ethyl adjacent to an activating group) is 1. The molecular weight excluding hydrogens is 308 g/mol. The second-order valence-electron chi connectivity index (χ2n) is 4.82. The van der Waals surface area contributed by atoms with Gasteiger partial charge in [0.2, 0.25) is 5.91 Å². The summed E-state index contributed by atoms with van der Waals surface area (Å²) >= 11 is 3.43. The molecule has 0 N–H and O–H groups in total. The Bertz CT molecular complexity index is 457. The third-order valence-corrected chi connectivity index (χ3v) is 3.93. The molecule has 1 heterocycles. The number of ether oxygens (including phenoxy) is 1. The van der Waals surface area contributed by atoms with Crippen molar-refractivity contribution in [1.82, 2.24) is 9.80 Å². The number of nitrogens with zero attached hydrogens (tertiary/aromatic N) is 2. The number of rotatable bonds is 3. The van der Waals surface area contributed by atoms with Crippen LogP contribution in [0.4, 0.5) is 0 Å². The average Bonchev–Trinajstić information content (AvgIpc) is 2.39. The average molecular weight is 327 g/mol. The van der Waals surface area contributed by atoms with Crippen LogP contribution in [0.5, 0.6) is 5.75 Å². The number of piperazine rings is 1. The van der Waals surface area contributed by atoms with Gasteiger partial charge in [-0.05, 0) is 25.2 Å². The fraction of sp³-hybridized carbons (Fsp3) is 0.500. The second-order valence-corrected chi connectivity index (χ2v) is 5.73. The summed E-state index contributed by atoms with van der Waals surface area (Å²) in [5, 5.41) is 0. The molecule has 5 heteroatoms. The minimum Gasteiger partial charge on any atom is -0.496 e. The lowest BCUT2D eigenvalue weighted by Crippen LogP contribution is -2.47. The van der Waals surface area contributed by atoms with Crippen LogP contribution in [0.25, 0.3) is 0 Å². The predicted octanol–water partition coefficient (Wildman–Crippen LogP) is 1.77. The Morgan fingerprint density at radius 1 is 1.32 bits per heavy atom. The monoisotopic (exact) mass is 326 g/mol. The quantitative estimate of drug-likeness (QED) is 0.848. The molecule has 19 heavy (non-hydrogen) atoms. The van der Waals surface area contributed by atoms with E-state index in [0.29, 0.717) is 6.42 Å². The number of amides is 1. The van der Waals surface area contributed by atoms with Crippen LogP contribution in [0.1, 0.15) is 5.56 Å². The van der Waals surface area contributed by atoms with Crippen LogP contribution in [-0.2, 0) is 11.2 Å². The van der Waals surface area contributed by atoms with Gasteiger partial charge in [-0.1, -0.05) is 15.9 Å². The van der Waals surface area contributed by atoms with Gasteiger partial charge in [-0.25, -0.2) is 0 Å². The molecule has 0 aliphatic carbocycles. The third-order valence-electron chi connectivity index (χ3n) is 3.44. The number of hydrogen-bond acceptors (Lipinski definition) is 3. The summed E-state index contributed by atoms with van der Waals surface area (Å²) in [7, 11) is 3.71. The highest BCUT2D eigenvalue weighted by molar-refractivity contribution is 9.10. The van der Waals surface area contributed by atoms with Crippen molar-refractivity contribution in [2.45, 2.75) is 6.42 Å². The van der Waals surface area contributed by atoms with Gasteiger partial charge in [0.1, 0.15) is 5.75 Å². The van der Waals surface area contributed by atoms with E-state index in [1.807, 2.05) is 23.1 Å². The summed E-state index contributed by atoms with van der Waals surface area (Å²) in [6.07, 6.45) is 0.395. The molecule has 0 saturated carbocycles. The molecule has 1 amide bonds. The molecule has 0 bridgehead atoms. The van der Waals surface area contributed by atoms with Gasteiger partial charge >= 0.3 is 0 Å². The summed E-state index contributed by atoms with van der Waals surface area (Å²) in [4.78, 5) is 16.5. The van der Waals surface area contributed by atoms with Crippen LogP contribution in [0.3, 0.4) is 0 Å². The second kappa shape index (κ2) is 6.39. The number of benzene rings is 1. The maximum absolute atomic E-state index is 12.3. The Balaban J connectivity index is 2.04. The zero-order valence-electron chi connectivity index (χ0n) is 11.4. The Kier molecular flexibility index (Phi) is 4.82. The normalized spacial score (nSPS) is 16.5. The van der Waals surface area contributed by atoms with E-state index in [1.165, 1.54) is 0 Å². The lowest BCUT2D eigenvalue weighted by Gasteiger charge is -2.32. The van der Waals surface area contributed by atoms with Crippen LogP contribution >= 0.6 is 15.9 Å². The maximum Gasteiger partial charge on any atom is 0.227 e. The fourth-order valence-corrected chi connectivity index (χ4v) is 2.62. The van der Waals surface area contributed by atoms with Crippen LogP contribution in [0.2, 0.25) is 0 Å². The Labute approximate surface area is 122 Å². The summed E-state index contributed by atoms with van der Waals surface area (Å²) in [5.41, 5.74) is 0.931. The van der Waals surface area contributed by atoms with Gasteiger partial charge in [0.05, 0.1) is 13.5 Å². The molecular formula is C14H19BrN2O2. The zero-order chi connectivity index (χ0) is 13.8. The van der Waals surface area contributed by atoms with E-state index >= 15 is 0 Å². The standard InChI is InChI=1S/C14H19BrN2O2/c1-16-5-7-17(8-6-16)14(18)10-11-9-12(15)3-4-13(11)19-2/h3-4,9H,5-8,10H2,1-2H3. The molecule has 1 saturated heterocycles. The molecule has 1 aliphatic heterocycles. The number of halogens is 1. The largest absolute Gasteiger partial charge is 0.496 e. The first kappa shape index (κ1) is 14.3. The van der Waals surface area contributed by atoms with Crippen molar-refractivity contribution in [3.8, 4) is 5.75 Å². The molecule has 0 atom stereocenters. The van der Waals surface area contributed by atoms with Crippen molar-refractivity contribution in [2.75, 3.05) is 40.3 Å². The van der Waals surface area contributed by atoms with Gasteiger partial charge in [-0.2, -0.15) is 0 Å². The lowest BCUT2D eigenvalue weighted by atomic mass is 10.1. The minimum absolute atomic E-state index is 0.171. The number of carbonyl (C=O) groups is 1. The number of carbonyl (C=O) groups excluding carboxylic acids is 1. The van der Waals surface area contributed by atoms with Crippen molar-refractivity contribution in [3.63, 3.8) is 0 Å². The van der Waals surface area contributed by atoms with Gasteiger partial charge in [0, 0.05) is 36.2 Å². The van der Waals surface area contributed by atoms with E-state index in [4.69, 9.17) is 4.74 Å². The first-order valence-corrected chi connectivity index (χ1v) is 7.18. The van der Waals surface area contributed by atoms with E-state index in [0.717, 1.165) is 42.0 Å². The van der Waals surface area contributed by atoms with Crippen LogP contribution in [0, 0.1) is 0 Å². The number of methoxy groups -OCH3 is 1. The predicted molar refractivity (Wildman–Crippen MR) is 78.5 cm³/mol. The molecule has 1 fully saturated rings. The summed E-state index contributed by atoms with van der Waals surface area (Å²) < 4.78 is 6.27. The van der Waals surface area contributed by atoms with E-state index in [1.54, 1.807) is 7.11 Å². The first-order chi connectivity index (χ1) is 9.10. The molecule has 0 unspecified atom stereocenters. The summed E-state index contributed by atoms with van der Waals surface area (Å²) in [5.74, 6) is 0.940. The lowest BCUT2D eigenvalue weighted by molar-refractivity contribution is -0.132. The molecule has 104 valence electrons. The van der Waals surface area contributed by atoms with Crippen molar-refractivity contribution < 1.29 is 9.53 Å². The van der Waals surface area contributed by atoms with E-state index in [-0.39, 0.29) is 5.91 Å². The minimum atomic E-state index is 0.171. The molecule has 1 aromatic carbocycles. The summed E-state index contributed by atoms with van der Waals surface area (Å²) in [6, 6.07) is 5.76. The smallest absolute Gasteiger partial charge is 0.227 e. The maximum atomic E-state index is 12.3. The van der Waals surface area contributed by atoms with Crippen molar-refractivity contribution in [1.29, 1.82) is 0 Å². The SMILES string of the molecule is COc1ccc(Br)cc1CC(=O)N1CCN(C)CC1. The van der Waals surface area contributed by atoms with Crippen molar-refractivity contribution >= 4 is 21.8 Å². The van der Waals surface area contributed by atoms with Gasteiger partial charge in [-0.15, -0.1) is 0 Å². The van der Waals surface area contributed by atoms with Crippen molar-refractivity contribution in [3.05, 3.63) is 28.2 Å². The zero-order valence-corrected chi connectivity index (χ0v) is 12.9. The van der Waals surface area contributed by atoms with Crippen LogP contribution in [0.15, 0.2) is 22.7 Å². The molecule has 1 aromatic rings. The molecule has 0 spiro atoms. The highest BCUT2D eigenvalue weighted by atomic mass is 79.9.